The smallest absolute Gasteiger partial charge is 0.341 e. The molecule has 4 heterocycles. The summed E-state index contributed by atoms with van der Waals surface area (Å²) in [5.41, 5.74) is 0.480. The van der Waals surface area contributed by atoms with Crippen LogP contribution in [0.1, 0.15) is 35.4 Å². The quantitative estimate of drug-likeness (QED) is 0.639. The number of aromatic nitrogens is 3. The van der Waals surface area contributed by atoms with Crippen molar-refractivity contribution >= 4 is 28.4 Å². The topological polar surface area (TPSA) is 110 Å². The van der Waals surface area contributed by atoms with Crippen LogP contribution in [0.15, 0.2) is 29.5 Å². The normalized spacial score (nSPS) is 19.8. The van der Waals surface area contributed by atoms with Crippen LogP contribution in [0.4, 0.5) is 15.9 Å². The number of carboxylic acids is 1. The number of halogens is 1. The minimum atomic E-state index is -1.33. The first-order valence-corrected chi connectivity index (χ1v) is 10.4. The van der Waals surface area contributed by atoms with Gasteiger partial charge in [0.1, 0.15) is 30.0 Å². The van der Waals surface area contributed by atoms with E-state index in [0.29, 0.717) is 30.1 Å². The van der Waals surface area contributed by atoms with Crippen LogP contribution in [0.25, 0.3) is 10.9 Å². The molecule has 2 aliphatic heterocycles. The van der Waals surface area contributed by atoms with Gasteiger partial charge in [-0.1, -0.05) is 0 Å². The molecule has 5 rings (SSSR count). The number of hydrogen-bond donors (Lipinski definition) is 2. The van der Waals surface area contributed by atoms with E-state index in [9.17, 15) is 14.7 Å². The molecule has 9 nitrogen and oxygen atoms in total. The van der Waals surface area contributed by atoms with Gasteiger partial charge in [-0.05, 0) is 26.3 Å². The first-order valence-electron chi connectivity index (χ1n) is 10.4. The lowest BCUT2D eigenvalue weighted by Gasteiger charge is -2.31. The number of hydrogen-bond acceptors (Lipinski definition) is 7. The second kappa shape index (κ2) is 7.47. The molecule has 0 radical (unpaired) electrons. The summed E-state index contributed by atoms with van der Waals surface area (Å²) in [7, 11) is 0. The van der Waals surface area contributed by atoms with E-state index in [1.165, 1.54) is 12.5 Å². The maximum absolute atomic E-state index is 15.3. The largest absolute Gasteiger partial charge is 0.487 e. The lowest BCUT2D eigenvalue weighted by molar-refractivity contribution is 0.0694. The molecule has 0 aliphatic carbocycles. The number of benzene rings is 1. The Morgan fingerprint density at radius 2 is 2.16 bits per heavy atom. The van der Waals surface area contributed by atoms with E-state index in [-0.39, 0.29) is 35.4 Å². The molecule has 1 saturated heterocycles. The Kier molecular flexibility index (Phi) is 4.72. The zero-order valence-electron chi connectivity index (χ0n) is 17.6. The first kappa shape index (κ1) is 20.2. The van der Waals surface area contributed by atoms with Crippen LogP contribution in [0.5, 0.6) is 5.75 Å². The van der Waals surface area contributed by atoms with Crippen molar-refractivity contribution < 1.29 is 19.0 Å². The number of anilines is 2. The van der Waals surface area contributed by atoms with Gasteiger partial charge in [0.05, 0.1) is 16.9 Å². The Balaban J connectivity index is 1.56. The molecule has 32 heavy (non-hydrogen) atoms. The standard InChI is InChI=1S/C22H22FN5O4/c1-11-5-17(25-10-24-11)26-13-3-4-27(7-13)19-16(23)6-14-18-21(19)32-9-12(2)28(18)8-15(20(14)29)22(30)31/h5-6,8,10,12-13H,3-4,7,9H2,1-2H3,(H,30,31)(H,24,25,26)/t12-,13?/m0/s1. The molecule has 10 heteroatoms. The Morgan fingerprint density at radius 3 is 2.91 bits per heavy atom. The molecule has 2 aliphatic rings. The van der Waals surface area contributed by atoms with Gasteiger partial charge in [0.15, 0.2) is 11.6 Å². The number of aryl methyl sites for hydroxylation is 1. The SMILES string of the molecule is Cc1cc(NC2CCN(c3c(F)cc4c(=O)c(C(=O)O)cn5c4c3OC[C@@H]5C)C2)ncn1. The van der Waals surface area contributed by atoms with E-state index in [2.05, 4.69) is 15.3 Å². The molecule has 2 atom stereocenters. The van der Waals surface area contributed by atoms with Crippen molar-refractivity contribution in [2.45, 2.75) is 32.4 Å². The molecule has 0 saturated carbocycles. The van der Waals surface area contributed by atoms with Crippen molar-refractivity contribution in [2.75, 3.05) is 29.9 Å². The van der Waals surface area contributed by atoms with Gasteiger partial charge in [0.2, 0.25) is 5.43 Å². The minimum Gasteiger partial charge on any atom is -0.487 e. The molecule has 166 valence electrons. The number of carboxylic acid groups (broad SMARTS) is 1. The molecule has 0 spiro atoms. The van der Waals surface area contributed by atoms with Gasteiger partial charge in [-0.2, -0.15) is 0 Å². The monoisotopic (exact) mass is 439 g/mol. The number of nitrogens with zero attached hydrogens (tertiary/aromatic N) is 4. The Morgan fingerprint density at radius 1 is 1.34 bits per heavy atom. The van der Waals surface area contributed by atoms with Crippen LogP contribution in [0.2, 0.25) is 0 Å². The molecule has 3 aromatic rings. The lowest BCUT2D eigenvalue weighted by atomic mass is 10.1. The first-order chi connectivity index (χ1) is 15.3. The maximum Gasteiger partial charge on any atom is 0.341 e. The third-order valence-electron chi connectivity index (χ3n) is 6.03. The Hall–Kier alpha value is -3.69. The molecule has 1 aromatic carbocycles. The number of nitrogens with one attached hydrogen (secondary N) is 1. The predicted molar refractivity (Wildman–Crippen MR) is 116 cm³/mol. The van der Waals surface area contributed by atoms with Crippen molar-refractivity contribution in [1.29, 1.82) is 0 Å². The van der Waals surface area contributed by atoms with Crippen molar-refractivity contribution in [2.24, 2.45) is 0 Å². The second-order valence-corrected chi connectivity index (χ2v) is 8.30. The van der Waals surface area contributed by atoms with E-state index >= 15 is 4.39 Å². The second-order valence-electron chi connectivity index (χ2n) is 8.30. The van der Waals surface area contributed by atoms with E-state index in [1.54, 1.807) is 4.57 Å². The van der Waals surface area contributed by atoms with Gasteiger partial charge in [-0.15, -0.1) is 0 Å². The summed E-state index contributed by atoms with van der Waals surface area (Å²) in [6.45, 7) is 5.11. The number of ether oxygens (including phenoxy) is 1. The highest BCUT2D eigenvalue weighted by Gasteiger charge is 2.33. The van der Waals surface area contributed by atoms with Crippen LogP contribution in [0.3, 0.4) is 0 Å². The highest BCUT2D eigenvalue weighted by Crippen LogP contribution is 2.42. The van der Waals surface area contributed by atoms with Crippen molar-refractivity contribution in [3.05, 3.63) is 52.0 Å². The van der Waals surface area contributed by atoms with E-state index in [4.69, 9.17) is 4.74 Å². The van der Waals surface area contributed by atoms with Crippen molar-refractivity contribution in [1.82, 2.24) is 14.5 Å². The fraction of sp³-hybridized carbons (Fsp3) is 0.364. The highest BCUT2D eigenvalue weighted by atomic mass is 19.1. The van der Waals surface area contributed by atoms with Crippen LogP contribution < -0.4 is 20.4 Å². The zero-order valence-corrected chi connectivity index (χ0v) is 17.6. The number of pyridine rings is 1. The lowest BCUT2D eigenvalue weighted by Crippen LogP contribution is -2.30. The summed E-state index contributed by atoms with van der Waals surface area (Å²) >= 11 is 0. The van der Waals surface area contributed by atoms with Crippen molar-refractivity contribution in [3.8, 4) is 5.75 Å². The van der Waals surface area contributed by atoms with Crippen LogP contribution >= 0.6 is 0 Å². The van der Waals surface area contributed by atoms with Gasteiger partial charge in [-0.25, -0.2) is 19.2 Å². The summed E-state index contributed by atoms with van der Waals surface area (Å²) in [5.74, 6) is -0.943. The molecule has 0 bridgehead atoms. The minimum absolute atomic E-state index is 0.0121. The molecular formula is C22H22FN5O4. The van der Waals surface area contributed by atoms with Crippen LogP contribution in [0, 0.1) is 12.7 Å². The number of aromatic carboxylic acids is 1. The van der Waals surface area contributed by atoms with Crippen LogP contribution in [-0.2, 0) is 0 Å². The van der Waals surface area contributed by atoms with Gasteiger partial charge in [-0.3, -0.25) is 4.79 Å². The average Bonchev–Trinajstić information content (AvgIpc) is 3.19. The van der Waals surface area contributed by atoms with E-state index < -0.39 is 17.2 Å². The van der Waals surface area contributed by atoms with Crippen molar-refractivity contribution in [3.63, 3.8) is 0 Å². The summed E-state index contributed by atoms with van der Waals surface area (Å²) in [5, 5.41) is 12.8. The maximum atomic E-state index is 15.3. The van der Waals surface area contributed by atoms with Gasteiger partial charge < -0.3 is 24.6 Å². The van der Waals surface area contributed by atoms with Gasteiger partial charge in [0.25, 0.3) is 0 Å². The average molecular weight is 439 g/mol. The molecule has 2 aromatic heterocycles. The van der Waals surface area contributed by atoms with Gasteiger partial charge in [0, 0.05) is 37.1 Å². The summed E-state index contributed by atoms with van der Waals surface area (Å²) in [4.78, 5) is 34.5. The fourth-order valence-corrected chi connectivity index (χ4v) is 4.48. The molecule has 0 amide bonds. The predicted octanol–water partition coefficient (Wildman–Crippen LogP) is 2.58. The molecular weight excluding hydrogens is 417 g/mol. The third kappa shape index (κ3) is 3.22. The molecule has 2 N–H and O–H groups in total. The summed E-state index contributed by atoms with van der Waals surface area (Å²) in [6.07, 6.45) is 3.59. The van der Waals surface area contributed by atoms with Gasteiger partial charge >= 0.3 is 5.97 Å². The fourth-order valence-electron chi connectivity index (χ4n) is 4.48. The summed E-state index contributed by atoms with van der Waals surface area (Å²) in [6, 6.07) is 2.84. The number of rotatable bonds is 4. The molecule has 1 fully saturated rings. The highest BCUT2D eigenvalue weighted by molar-refractivity contribution is 5.97. The van der Waals surface area contributed by atoms with Crippen LogP contribution in [-0.4, -0.2) is 51.3 Å². The Bertz CT molecular complexity index is 1310. The third-order valence-corrected chi connectivity index (χ3v) is 6.03. The van der Waals surface area contributed by atoms with E-state index in [1.807, 2.05) is 24.8 Å². The summed E-state index contributed by atoms with van der Waals surface area (Å²) < 4.78 is 23.0. The Labute approximate surface area is 182 Å². The number of carbonyl (C=O) groups is 1. The van der Waals surface area contributed by atoms with E-state index in [0.717, 1.165) is 18.2 Å². The zero-order chi connectivity index (χ0) is 22.6. The molecule has 1 unspecified atom stereocenters.